The second-order valence-electron chi connectivity index (χ2n) is 6.91. The fraction of sp³-hybridized carbons (Fsp3) is 0.368. The molecule has 6 heteroatoms. The van der Waals surface area contributed by atoms with Crippen molar-refractivity contribution in [1.29, 1.82) is 0 Å². The molecule has 1 unspecified atom stereocenters. The van der Waals surface area contributed by atoms with Crippen LogP contribution in [0.2, 0.25) is 0 Å². The summed E-state index contributed by atoms with van der Waals surface area (Å²) in [5.74, 6) is -0.400. The van der Waals surface area contributed by atoms with Gasteiger partial charge in [-0.25, -0.2) is 0 Å². The van der Waals surface area contributed by atoms with Crippen LogP contribution in [0.1, 0.15) is 48.1 Å². The van der Waals surface area contributed by atoms with Gasteiger partial charge in [-0.2, -0.15) is 0 Å². The molecule has 3 N–H and O–H groups in total. The number of rotatable bonds is 7. The van der Waals surface area contributed by atoms with Crippen LogP contribution in [0.5, 0.6) is 0 Å². The van der Waals surface area contributed by atoms with Crippen LogP contribution in [0.15, 0.2) is 47.1 Å². The number of nitrogens with one attached hydrogen (secondary N) is 2. The van der Waals surface area contributed by atoms with Crippen molar-refractivity contribution >= 4 is 17.5 Å². The highest BCUT2D eigenvalue weighted by molar-refractivity contribution is 6.03. The van der Waals surface area contributed by atoms with Crippen molar-refractivity contribution in [3.63, 3.8) is 0 Å². The number of carbonyl (C=O) groups is 2. The molecule has 0 aliphatic rings. The Kier molecular flexibility index (Phi) is 5.98. The lowest BCUT2D eigenvalue weighted by molar-refractivity contribution is 0.0901. The maximum atomic E-state index is 12.3. The van der Waals surface area contributed by atoms with Crippen molar-refractivity contribution in [2.75, 3.05) is 11.9 Å². The van der Waals surface area contributed by atoms with Gasteiger partial charge < -0.3 is 20.2 Å². The van der Waals surface area contributed by atoms with E-state index in [2.05, 4.69) is 10.6 Å². The standard InChI is InChI=1S/C19H24N2O4/c1-13(22)11-19(2,3)12-20-17(23)14-6-4-7-15(10-14)21-18(24)16-8-5-9-25-16/h4-10,13,22H,11-12H2,1-3H3,(H,20,23)(H,21,24). The largest absolute Gasteiger partial charge is 0.459 e. The van der Waals surface area contributed by atoms with E-state index < -0.39 is 6.10 Å². The van der Waals surface area contributed by atoms with E-state index in [1.807, 2.05) is 13.8 Å². The lowest BCUT2D eigenvalue weighted by atomic mass is 9.87. The van der Waals surface area contributed by atoms with Gasteiger partial charge in [0.05, 0.1) is 12.4 Å². The summed E-state index contributed by atoms with van der Waals surface area (Å²) in [6.07, 6.45) is 1.59. The van der Waals surface area contributed by atoms with Crippen LogP contribution in [0.25, 0.3) is 0 Å². The fourth-order valence-corrected chi connectivity index (χ4v) is 2.63. The molecule has 0 saturated carbocycles. The van der Waals surface area contributed by atoms with Gasteiger partial charge >= 0.3 is 0 Å². The number of amides is 2. The first-order valence-corrected chi connectivity index (χ1v) is 8.18. The van der Waals surface area contributed by atoms with Gasteiger partial charge in [-0.3, -0.25) is 9.59 Å². The van der Waals surface area contributed by atoms with Gasteiger partial charge in [-0.15, -0.1) is 0 Å². The van der Waals surface area contributed by atoms with E-state index in [9.17, 15) is 14.7 Å². The molecule has 1 atom stereocenters. The zero-order valence-corrected chi connectivity index (χ0v) is 14.7. The normalized spacial score (nSPS) is 12.5. The van der Waals surface area contributed by atoms with E-state index in [0.717, 1.165) is 0 Å². The second kappa shape index (κ2) is 7.98. The number of benzene rings is 1. The average molecular weight is 344 g/mol. The van der Waals surface area contributed by atoms with Gasteiger partial charge in [0.2, 0.25) is 0 Å². The van der Waals surface area contributed by atoms with Gasteiger partial charge in [-0.1, -0.05) is 19.9 Å². The van der Waals surface area contributed by atoms with Crippen molar-refractivity contribution in [2.45, 2.75) is 33.3 Å². The summed E-state index contributed by atoms with van der Waals surface area (Å²) in [5, 5.41) is 15.1. The molecular formula is C19H24N2O4. The molecule has 0 fully saturated rings. The predicted molar refractivity (Wildman–Crippen MR) is 95.5 cm³/mol. The fourth-order valence-electron chi connectivity index (χ4n) is 2.63. The van der Waals surface area contributed by atoms with Crippen molar-refractivity contribution in [3.8, 4) is 0 Å². The summed E-state index contributed by atoms with van der Waals surface area (Å²) in [4.78, 5) is 24.3. The molecule has 2 rings (SSSR count). The molecular weight excluding hydrogens is 320 g/mol. The molecule has 0 aliphatic heterocycles. The Balaban J connectivity index is 1.98. The number of furan rings is 1. The first-order valence-electron chi connectivity index (χ1n) is 8.18. The number of anilines is 1. The van der Waals surface area contributed by atoms with Crippen LogP contribution in [-0.4, -0.2) is 29.6 Å². The number of aliphatic hydroxyl groups excluding tert-OH is 1. The van der Waals surface area contributed by atoms with Crippen LogP contribution in [0, 0.1) is 5.41 Å². The van der Waals surface area contributed by atoms with E-state index in [1.165, 1.54) is 6.26 Å². The SMILES string of the molecule is CC(O)CC(C)(C)CNC(=O)c1cccc(NC(=O)c2ccco2)c1. The molecule has 0 aliphatic carbocycles. The maximum absolute atomic E-state index is 12.3. The molecule has 2 amide bonds. The minimum absolute atomic E-state index is 0.203. The Bertz CT molecular complexity index is 721. The molecule has 1 aromatic heterocycles. The first kappa shape index (κ1) is 18.7. The summed E-state index contributed by atoms with van der Waals surface area (Å²) in [5.41, 5.74) is 0.747. The molecule has 0 saturated heterocycles. The van der Waals surface area contributed by atoms with E-state index in [0.29, 0.717) is 24.2 Å². The van der Waals surface area contributed by atoms with E-state index in [-0.39, 0.29) is 23.0 Å². The van der Waals surface area contributed by atoms with Crippen LogP contribution >= 0.6 is 0 Å². The number of hydrogen-bond donors (Lipinski definition) is 3. The third kappa shape index (κ3) is 5.76. The smallest absolute Gasteiger partial charge is 0.291 e. The highest BCUT2D eigenvalue weighted by Gasteiger charge is 2.21. The molecule has 1 aromatic carbocycles. The van der Waals surface area contributed by atoms with Gasteiger partial charge in [0.25, 0.3) is 11.8 Å². The Morgan fingerprint density at radius 2 is 1.96 bits per heavy atom. The quantitative estimate of drug-likeness (QED) is 0.720. The molecule has 2 aromatic rings. The maximum Gasteiger partial charge on any atom is 0.291 e. The highest BCUT2D eigenvalue weighted by atomic mass is 16.3. The van der Waals surface area contributed by atoms with Gasteiger partial charge in [0.1, 0.15) is 0 Å². The third-order valence-electron chi connectivity index (χ3n) is 3.70. The van der Waals surface area contributed by atoms with Crippen molar-refractivity contribution in [1.82, 2.24) is 5.32 Å². The molecule has 0 spiro atoms. The predicted octanol–water partition coefficient (Wildman–Crippen LogP) is 3.06. The molecule has 6 nitrogen and oxygen atoms in total. The number of carbonyl (C=O) groups excluding carboxylic acids is 2. The molecule has 1 heterocycles. The Labute approximate surface area is 147 Å². The summed E-state index contributed by atoms with van der Waals surface area (Å²) >= 11 is 0. The molecule has 0 radical (unpaired) electrons. The number of hydrogen-bond acceptors (Lipinski definition) is 4. The van der Waals surface area contributed by atoms with Crippen molar-refractivity contribution in [3.05, 3.63) is 54.0 Å². The molecule has 0 bridgehead atoms. The van der Waals surface area contributed by atoms with Crippen molar-refractivity contribution in [2.24, 2.45) is 5.41 Å². The zero-order chi connectivity index (χ0) is 18.4. The van der Waals surface area contributed by atoms with E-state index in [1.54, 1.807) is 43.3 Å². The summed E-state index contributed by atoms with van der Waals surface area (Å²) in [6, 6.07) is 9.89. The number of aliphatic hydroxyl groups is 1. The highest BCUT2D eigenvalue weighted by Crippen LogP contribution is 2.21. The first-order chi connectivity index (χ1) is 11.8. The second-order valence-corrected chi connectivity index (χ2v) is 6.91. The molecule has 134 valence electrons. The summed E-state index contributed by atoms with van der Waals surface area (Å²) < 4.78 is 5.04. The average Bonchev–Trinajstić information content (AvgIpc) is 3.06. The molecule has 25 heavy (non-hydrogen) atoms. The van der Waals surface area contributed by atoms with Gasteiger partial charge in [0, 0.05) is 17.8 Å². The monoisotopic (exact) mass is 344 g/mol. The van der Waals surface area contributed by atoms with E-state index in [4.69, 9.17) is 4.42 Å². The van der Waals surface area contributed by atoms with Crippen LogP contribution in [0.3, 0.4) is 0 Å². The van der Waals surface area contributed by atoms with Gasteiger partial charge in [0.15, 0.2) is 5.76 Å². The van der Waals surface area contributed by atoms with Crippen LogP contribution < -0.4 is 10.6 Å². The Hall–Kier alpha value is -2.60. The van der Waals surface area contributed by atoms with Crippen LogP contribution in [-0.2, 0) is 0 Å². The van der Waals surface area contributed by atoms with Crippen molar-refractivity contribution < 1.29 is 19.1 Å². The topological polar surface area (TPSA) is 91.6 Å². The Morgan fingerprint density at radius 1 is 1.20 bits per heavy atom. The minimum atomic E-state index is -0.424. The van der Waals surface area contributed by atoms with Gasteiger partial charge in [-0.05, 0) is 49.1 Å². The van der Waals surface area contributed by atoms with Crippen LogP contribution in [0.4, 0.5) is 5.69 Å². The lowest BCUT2D eigenvalue weighted by Crippen LogP contribution is -2.35. The van der Waals surface area contributed by atoms with E-state index >= 15 is 0 Å². The lowest BCUT2D eigenvalue weighted by Gasteiger charge is -2.26. The summed E-state index contributed by atoms with van der Waals surface area (Å²) in [6.45, 7) is 6.15. The summed E-state index contributed by atoms with van der Waals surface area (Å²) in [7, 11) is 0. The Morgan fingerprint density at radius 3 is 2.60 bits per heavy atom. The zero-order valence-electron chi connectivity index (χ0n) is 14.7. The minimum Gasteiger partial charge on any atom is -0.459 e. The third-order valence-corrected chi connectivity index (χ3v) is 3.70.